The Bertz CT molecular complexity index is 977. The van der Waals surface area contributed by atoms with Gasteiger partial charge in [0.2, 0.25) is 17.8 Å². The van der Waals surface area contributed by atoms with Crippen molar-refractivity contribution in [1.82, 2.24) is 9.97 Å². The molecule has 1 aromatic carbocycles. The summed E-state index contributed by atoms with van der Waals surface area (Å²) in [6.45, 7) is 1.68. The third kappa shape index (κ3) is 4.09. The van der Waals surface area contributed by atoms with Crippen molar-refractivity contribution in [2.75, 3.05) is 34.4 Å². The molecular formula is C19H20Cl2N6O2. The molecule has 29 heavy (non-hydrogen) atoms. The van der Waals surface area contributed by atoms with E-state index in [9.17, 15) is 9.59 Å². The van der Waals surface area contributed by atoms with E-state index in [1.165, 1.54) is 6.42 Å². The summed E-state index contributed by atoms with van der Waals surface area (Å²) in [4.78, 5) is 36.1. The molecule has 4 N–H and O–H groups in total. The number of benzene rings is 1. The van der Waals surface area contributed by atoms with Gasteiger partial charge in [-0.1, -0.05) is 23.2 Å². The van der Waals surface area contributed by atoms with Gasteiger partial charge in [-0.2, -0.15) is 9.97 Å². The predicted molar refractivity (Wildman–Crippen MR) is 114 cm³/mol. The van der Waals surface area contributed by atoms with Crippen LogP contribution in [0.1, 0.15) is 37.2 Å². The average molecular weight is 435 g/mol. The number of carbonyl (C=O) groups excluding carboxylic acids is 2. The van der Waals surface area contributed by atoms with Gasteiger partial charge < -0.3 is 21.3 Å². The fourth-order valence-electron chi connectivity index (χ4n) is 3.65. The Balaban J connectivity index is 1.63. The summed E-state index contributed by atoms with van der Waals surface area (Å²) in [5, 5.41) is 6.20. The zero-order valence-corrected chi connectivity index (χ0v) is 17.1. The molecular weight excluding hydrogens is 415 g/mol. The van der Waals surface area contributed by atoms with Gasteiger partial charge in [-0.15, -0.1) is 0 Å². The SMILES string of the molecule is Nc1nc(N2CCCCC2)nc2c1[C@@H](C(=O)Nc1ccc(Cl)c(Cl)c1)CC(=O)N2. The molecule has 10 heteroatoms. The molecule has 0 aliphatic carbocycles. The van der Waals surface area contributed by atoms with Gasteiger partial charge >= 0.3 is 0 Å². The normalized spacial score (nSPS) is 18.8. The van der Waals surface area contributed by atoms with Crippen LogP contribution in [-0.4, -0.2) is 34.9 Å². The molecule has 152 valence electrons. The minimum atomic E-state index is -0.802. The van der Waals surface area contributed by atoms with Crippen LogP contribution in [-0.2, 0) is 9.59 Å². The molecule has 0 radical (unpaired) electrons. The Morgan fingerprint density at radius 3 is 2.66 bits per heavy atom. The minimum Gasteiger partial charge on any atom is -0.383 e. The average Bonchev–Trinajstić information content (AvgIpc) is 2.70. The fraction of sp³-hybridized carbons (Fsp3) is 0.368. The number of carbonyl (C=O) groups is 2. The molecule has 3 heterocycles. The van der Waals surface area contributed by atoms with Crippen LogP contribution in [0.2, 0.25) is 10.0 Å². The molecule has 0 bridgehead atoms. The smallest absolute Gasteiger partial charge is 0.232 e. The Morgan fingerprint density at radius 1 is 1.17 bits per heavy atom. The van der Waals surface area contributed by atoms with E-state index in [0.29, 0.717) is 33.1 Å². The van der Waals surface area contributed by atoms with Crippen molar-refractivity contribution in [3.05, 3.63) is 33.8 Å². The first-order valence-corrected chi connectivity index (χ1v) is 10.2. The summed E-state index contributed by atoms with van der Waals surface area (Å²) in [6, 6.07) is 4.77. The van der Waals surface area contributed by atoms with Crippen molar-refractivity contribution in [1.29, 1.82) is 0 Å². The zero-order valence-electron chi connectivity index (χ0n) is 15.5. The van der Waals surface area contributed by atoms with Crippen LogP contribution in [0.3, 0.4) is 0 Å². The lowest BCUT2D eigenvalue weighted by Crippen LogP contribution is -2.35. The van der Waals surface area contributed by atoms with E-state index in [2.05, 4.69) is 20.6 Å². The molecule has 2 aliphatic heterocycles. The summed E-state index contributed by atoms with van der Waals surface area (Å²) in [7, 11) is 0. The lowest BCUT2D eigenvalue weighted by atomic mass is 9.92. The number of fused-ring (bicyclic) bond motifs is 1. The van der Waals surface area contributed by atoms with Crippen LogP contribution < -0.4 is 21.3 Å². The molecule has 2 aliphatic rings. The van der Waals surface area contributed by atoms with E-state index in [4.69, 9.17) is 28.9 Å². The number of hydrogen-bond donors (Lipinski definition) is 3. The quantitative estimate of drug-likeness (QED) is 0.681. The number of rotatable bonds is 3. The molecule has 1 saturated heterocycles. The largest absolute Gasteiger partial charge is 0.383 e. The van der Waals surface area contributed by atoms with Gasteiger partial charge in [-0.05, 0) is 37.5 Å². The lowest BCUT2D eigenvalue weighted by molar-refractivity contribution is -0.123. The van der Waals surface area contributed by atoms with E-state index in [1.54, 1.807) is 18.2 Å². The summed E-state index contributed by atoms with van der Waals surface area (Å²) >= 11 is 11.9. The second-order valence-corrected chi connectivity index (χ2v) is 7.96. The summed E-state index contributed by atoms with van der Waals surface area (Å²) in [6.07, 6.45) is 3.24. The highest BCUT2D eigenvalue weighted by Crippen LogP contribution is 2.37. The molecule has 0 saturated carbocycles. The standard InChI is InChI=1S/C19H20Cl2N6O2/c20-12-5-4-10(8-13(12)21)23-18(29)11-9-14(28)24-17-15(11)16(22)25-19(26-17)27-6-2-1-3-7-27/h4-5,8,11H,1-3,6-7,9H2,(H,23,29)(H3,22,24,25,26,28)/t11-/m0/s1. The van der Waals surface area contributed by atoms with Crippen molar-refractivity contribution in [3.63, 3.8) is 0 Å². The van der Waals surface area contributed by atoms with E-state index in [0.717, 1.165) is 25.9 Å². The Morgan fingerprint density at radius 2 is 1.93 bits per heavy atom. The van der Waals surface area contributed by atoms with Gasteiger partial charge in [0.25, 0.3) is 0 Å². The number of halogens is 2. The van der Waals surface area contributed by atoms with E-state index in [-0.39, 0.29) is 24.1 Å². The van der Waals surface area contributed by atoms with Crippen molar-refractivity contribution in [2.24, 2.45) is 0 Å². The van der Waals surface area contributed by atoms with Crippen LogP contribution in [0.5, 0.6) is 0 Å². The number of anilines is 4. The van der Waals surface area contributed by atoms with Crippen LogP contribution in [0.25, 0.3) is 0 Å². The van der Waals surface area contributed by atoms with Crippen molar-refractivity contribution < 1.29 is 9.59 Å². The van der Waals surface area contributed by atoms with E-state index < -0.39 is 5.92 Å². The summed E-state index contributed by atoms with van der Waals surface area (Å²) < 4.78 is 0. The fourth-order valence-corrected chi connectivity index (χ4v) is 3.94. The van der Waals surface area contributed by atoms with Gasteiger partial charge in [0.05, 0.1) is 21.5 Å². The number of nitrogen functional groups attached to an aromatic ring is 1. The highest BCUT2D eigenvalue weighted by molar-refractivity contribution is 6.42. The van der Waals surface area contributed by atoms with Crippen molar-refractivity contribution in [3.8, 4) is 0 Å². The van der Waals surface area contributed by atoms with Gasteiger partial charge in [0.1, 0.15) is 11.6 Å². The second-order valence-electron chi connectivity index (χ2n) is 7.14. The van der Waals surface area contributed by atoms with Crippen LogP contribution >= 0.6 is 23.2 Å². The predicted octanol–water partition coefficient (Wildman–Crippen LogP) is 3.42. The number of hydrogen-bond acceptors (Lipinski definition) is 6. The second kappa shape index (κ2) is 8.04. The molecule has 2 amide bonds. The topological polar surface area (TPSA) is 113 Å². The number of aromatic nitrogens is 2. The van der Waals surface area contributed by atoms with Gasteiger partial charge in [-0.25, -0.2) is 0 Å². The Kier molecular flexibility index (Phi) is 5.47. The first kappa shape index (κ1) is 19.7. The summed E-state index contributed by atoms with van der Waals surface area (Å²) in [5.41, 5.74) is 7.12. The number of nitrogens with zero attached hydrogens (tertiary/aromatic N) is 3. The molecule has 0 spiro atoms. The third-order valence-corrected chi connectivity index (χ3v) is 5.84. The van der Waals surface area contributed by atoms with Crippen molar-refractivity contribution in [2.45, 2.75) is 31.6 Å². The van der Waals surface area contributed by atoms with Gasteiger partial charge in [0, 0.05) is 25.2 Å². The maximum absolute atomic E-state index is 12.9. The van der Waals surface area contributed by atoms with E-state index in [1.807, 2.05) is 4.90 Å². The molecule has 8 nitrogen and oxygen atoms in total. The van der Waals surface area contributed by atoms with E-state index >= 15 is 0 Å². The first-order valence-electron chi connectivity index (χ1n) is 9.40. The minimum absolute atomic E-state index is 0.0449. The first-order chi connectivity index (χ1) is 13.9. The number of nitrogens with two attached hydrogens (primary N) is 1. The number of piperidine rings is 1. The molecule has 1 aromatic heterocycles. The maximum atomic E-state index is 12.9. The highest BCUT2D eigenvalue weighted by Gasteiger charge is 2.35. The third-order valence-electron chi connectivity index (χ3n) is 5.10. The van der Waals surface area contributed by atoms with Crippen LogP contribution in [0.15, 0.2) is 18.2 Å². The molecule has 2 aromatic rings. The molecule has 1 atom stereocenters. The molecule has 0 unspecified atom stereocenters. The molecule has 4 rings (SSSR count). The molecule has 1 fully saturated rings. The number of amides is 2. The van der Waals surface area contributed by atoms with Crippen LogP contribution in [0.4, 0.5) is 23.3 Å². The summed E-state index contributed by atoms with van der Waals surface area (Å²) in [5.74, 6) is -0.515. The monoisotopic (exact) mass is 434 g/mol. The zero-order chi connectivity index (χ0) is 20.5. The van der Waals surface area contributed by atoms with Gasteiger partial charge in [-0.3, -0.25) is 9.59 Å². The van der Waals surface area contributed by atoms with Crippen molar-refractivity contribution >= 4 is 58.3 Å². The lowest BCUT2D eigenvalue weighted by Gasteiger charge is -2.30. The Labute approximate surface area is 177 Å². The Hall–Kier alpha value is -2.58. The maximum Gasteiger partial charge on any atom is 0.232 e. The van der Waals surface area contributed by atoms with Gasteiger partial charge in [0.15, 0.2) is 0 Å². The van der Waals surface area contributed by atoms with Crippen LogP contribution in [0, 0.1) is 0 Å². The highest BCUT2D eigenvalue weighted by atomic mass is 35.5. The number of nitrogens with one attached hydrogen (secondary N) is 2.